The number of unbranched alkanes of at least 4 members (excludes halogenated alkanes) is 23. The summed E-state index contributed by atoms with van der Waals surface area (Å²) in [5, 5.41) is 8.80. The molecule has 1 N–H and O–H groups in total. The normalized spacial score (nSPS) is 12.2. The van der Waals surface area contributed by atoms with E-state index in [1.807, 2.05) is 0 Å². The summed E-state index contributed by atoms with van der Waals surface area (Å²) < 4.78 is 5.97. The first kappa shape index (κ1) is 40.7. The van der Waals surface area contributed by atoms with E-state index in [4.69, 9.17) is 9.84 Å². The first-order valence-corrected chi connectivity index (χ1v) is 18.7. The van der Waals surface area contributed by atoms with Gasteiger partial charge in [-0.15, -0.1) is 0 Å². The van der Waals surface area contributed by atoms with Crippen LogP contribution in [0.5, 0.6) is 0 Å². The highest BCUT2D eigenvalue weighted by Crippen LogP contribution is 2.18. The molecule has 248 valence electrons. The molecule has 0 bridgehead atoms. The molecule has 0 amide bonds. The molecular weight excluding hydrogens is 520 g/mol. The molecule has 1 unspecified atom stereocenters. The first-order valence-electron chi connectivity index (χ1n) is 18.7. The minimum Gasteiger partial charge on any atom is -0.481 e. The monoisotopic (exact) mass is 593 g/mol. The average molecular weight is 593 g/mol. The van der Waals surface area contributed by atoms with Crippen molar-refractivity contribution < 1.29 is 19.4 Å². The summed E-state index contributed by atoms with van der Waals surface area (Å²) in [5.41, 5.74) is 0. The third-order valence-corrected chi connectivity index (χ3v) is 8.49. The Bertz CT molecular complexity index is 600. The highest BCUT2D eigenvalue weighted by Gasteiger charge is 2.14. The van der Waals surface area contributed by atoms with Crippen LogP contribution >= 0.6 is 0 Å². The van der Waals surface area contributed by atoms with Gasteiger partial charge in [-0.05, 0) is 64.2 Å². The van der Waals surface area contributed by atoms with Crippen LogP contribution in [-0.2, 0) is 14.3 Å². The maximum absolute atomic E-state index is 12.6. The molecule has 42 heavy (non-hydrogen) atoms. The van der Waals surface area contributed by atoms with E-state index in [1.165, 1.54) is 116 Å². The van der Waals surface area contributed by atoms with E-state index in [0.29, 0.717) is 6.42 Å². The Labute approximate surface area is 262 Å². The number of rotatable bonds is 34. The van der Waals surface area contributed by atoms with Gasteiger partial charge >= 0.3 is 11.9 Å². The van der Waals surface area contributed by atoms with Crippen LogP contribution in [0.2, 0.25) is 0 Å². The molecule has 0 aromatic heterocycles. The first-order chi connectivity index (χ1) is 20.6. The lowest BCUT2D eigenvalue weighted by Crippen LogP contribution is -2.18. The Morgan fingerprint density at radius 2 is 0.857 bits per heavy atom. The summed E-state index contributed by atoms with van der Waals surface area (Å²) in [6, 6.07) is 0. The third-order valence-electron chi connectivity index (χ3n) is 8.49. The van der Waals surface area contributed by atoms with Crippen LogP contribution in [0.15, 0.2) is 12.2 Å². The third kappa shape index (κ3) is 33.2. The Balaban J connectivity index is 4.06. The second kappa shape index (κ2) is 34.2. The molecular formula is C38H72O4. The fraction of sp³-hybridized carbons (Fsp3) is 0.895. The van der Waals surface area contributed by atoms with Crippen molar-refractivity contribution in [3.05, 3.63) is 12.2 Å². The van der Waals surface area contributed by atoms with Crippen LogP contribution in [0.25, 0.3) is 0 Å². The van der Waals surface area contributed by atoms with E-state index < -0.39 is 5.97 Å². The second-order valence-electron chi connectivity index (χ2n) is 12.8. The minimum absolute atomic E-state index is 0.00621. The van der Waals surface area contributed by atoms with Crippen LogP contribution in [0, 0.1) is 0 Å². The number of allylic oxidation sites excluding steroid dienone is 2. The van der Waals surface area contributed by atoms with Crippen molar-refractivity contribution in [3.63, 3.8) is 0 Å². The predicted octanol–water partition coefficient (Wildman–Crippen LogP) is 12.7. The number of esters is 1. The molecule has 0 spiro atoms. The van der Waals surface area contributed by atoms with Gasteiger partial charge in [0.15, 0.2) is 0 Å². The SMILES string of the molecule is CCCCCCCCCC/C=C\CCCCCC(CCCCCCCC(=O)O)OC(=O)CCCCCCCCCCC. The summed E-state index contributed by atoms with van der Waals surface area (Å²) in [5.74, 6) is -0.707. The van der Waals surface area contributed by atoms with Gasteiger partial charge < -0.3 is 9.84 Å². The molecule has 0 rings (SSSR count). The lowest BCUT2D eigenvalue weighted by atomic mass is 10.0. The van der Waals surface area contributed by atoms with Gasteiger partial charge in [0.2, 0.25) is 0 Å². The predicted molar refractivity (Wildman–Crippen MR) is 181 cm³/mol. The smallest absolute Gasteiger partial charge is 0.306 e. The second-order valence-corrected chi connectivity index (χ2v) is 12.8. The molecule has 0 fully saturated rings. The summed E-state index contributed by atoms with van der Waals surface area (Å²) >= 11 is 0. The molecule has 0 aliphatic carbocycles. The number of carboxylic acids is 1. The van der Waals surface area contributed by atoms with Crippen LogP contribution in [0.1, 0.15) is 213 Å². The van der Waals surface area contributed by atoms with E-state index in [0.717, 1.165) is 70.6 Å². The Kier molecular flexibility index (Phi) is 33.1. The van der Waals surface area contributed by atoms with E-state index in [9.17, 15) is 9.59 Å². The van der Waals surface area contributed by atoms with Gasteiger partial charge in [0, 0.05) is 12.8 Å². The number of hydrogen-bond acceptors (Lipinski definition) is 3. The molecule has 4 heteroatoms. The quantitative estimate of drug-likeness (QED) is 0.0458. The maximum Gasteiger partial charge on any atom is 0.306 e. The van der Waals surface area contributed by atoms with Gasteiger partial charge in [0.05, 0.1) is 0 Å². The van der Waals surface area contributed by atoms with Crippen molar-refractivity contribution in [3.8, 4) is 0 Å². The summed E-state index contributed by atoms with van der Waals surface area (Å²) in [7, 11) is 0. The largest absolute Gasteiger partial charge is 0.481 e. The van der Waals surface area contributed by atoms with Crippen molar-refractivity contribution in [1.29, 1.82) is 0 Å². The van der Waals surface area contributed by atoms with E-state index >= 15 is 0 Å². The van der Waals surface area contributed by atoms with E-state index in [-0.39, 0.29) is 18.5 Å². The van der Waals surface area contributed by atoms with Crippen LogP contribution in [0.3, 0.4) is 0 Å². The zero-order valence-corrected chi connectivity index (χ0v) is 28.3. The fourth-order valence-corrected chi connectivity index (χ4v) is 5.71. The number of ether oxygens (including phenoxy) is 1. The van der Waals surface area contributed by atoms with Gasteiger partial charge in [-0.3, -0.25) is 9.59 Å². The molecule has 1 atom stereocenters. The number of carboxylic acid groups (broad SMARTS) is 1. The van der Waals surface area contributed by atoms with Crippen molar-refractivity contribution in [2.75, 3.05) is 0 Å². The molecule has 0 saturated carbocycles. The van der Waals surface area contributed by atoms with Gasteiger partial charge in [-0.1, -0.05) is 148 Å². The van der Waals surface area contributed by atoms with Crippen molar-refractivity contribution in [1.82, 2.24) is 0 Å². The summed E-state index contributed by atoms with van der Waals surface area (Å²) in [4.78, 5) is 23.3. The zero-order valence-electron chi connectivity index (χ0n) is 28.3. The number of hydrogen-bond donors (Lipinski definition) is 1. The molecule has 0 aromatic carbocycles. The lowest BCUT2D eigenvalue weighted by molar-refractivity contribution is -0.150. The number of carbonyl (C=O) groups is 2. The van der Waals surface area contributed by atoms with Crippen molar-refractivity contribution in [2.24, 2.45) is 0 Å². The summed E-state index contributed by atoms with van der Waals surface area (Å²) in [6.07, 6.45) is 40.8. The molecule has 0 aliphatic rings. The highest BCUT2D eigenvalue weighted by molar-refractivity contribution is 5.69. The molecule has 0 saturated heterocycles. The van der Waals surface area contributed by atoms with Crippen LogP contribution < -0.4 is 0 Å². The van der Waals surface area contributed by atoms with Gasteiger partial charge in [-0.2, -0.15) is 0 Å². The molecule has 0 aliphatic heterocycles. The highest BCUT2D eigenvalue weighted by atomic mass is 16.5. The summed E-state index contributed by atoms with van der Waals surface area (Å²) in [6.45, 7) is 4.53. The average Bonchev–Trinajstić information content (AvgIpc) is 2.97. The van der Waals surface area contributed by atoms with Crippen molar-refractivity contribution in [2.45, 2.75) is 219 Å². The van der Waals surface area contributed by atoms with Crippen LogP contribution in [0.4, 0.5) is 0 Å². The number of carbonyl (C=O) groups excluding carboxylic acids is 1. The van der Waals surface area contributed by atoms with Gasteiger partial charge in [-0.25, -0.2) is 0 Å². The van der Waals surface area contributed by atoms with Gasteiger partial charge in [0.1, 0.15) is 6.10 Å². The molecule has 0 heterocycles. The minimum atomic E-state index is -0.701. The van der Waals surface area contributed by atoms with E-state index in [2.05, 4.69) is 26.0 Å². The maximum atomic E-state index is 12.6. The Morgan fingerprint density at radius 3 is 1.31 bits per heavy atom. The molecule has 0 aromatic rings. The van der Waals surface area contributed by atoms with Crippen LogP contribution in [-0.4, -0.2) is 23.1 Å². The Hall–Kier alpha value is -1.32. The molecule has 0 radical (unpaired) electrons. The number of aliphatic carboxylic acids is 1. The topological polar surface area (TPSA) is 63.6 Å². The van der Waals surface area contributed by atoms with Crippen molar-refractivity contribution >= 4 is 11.9 Å². The molecule has 4 nitrogen and oxygen atoms in total. The van der Waals surface area contributed by atoms with E-state index in [1.54, 1.807) is 0 Å². The lowest BCUT2D eigenvalue weighted by Gasteiger charge is -2.18. The standard InChI is InChI=1S/C38H72O4/c1-3-5-7-9-11-13-14-15-16-17-18-20-21-24-28-32-36(33-29-25-23-26-30-34-37(39)40)42-38(41)35-31-27-22-19-12-10-8-6-4-2/h17-18,36H,3-16,19-35H2,1-2H3,(H,39,40)/b18-17-. The van der Waals surface area contributed by atoms with Gasteiger partial charge in [0.25, 0.3) is 0 Å². The fourth-order valence-electron chi connectivity index (χ4n) is 5.71. The zero-order chi connectivity index (χ0) is 30.8. The Morgan fingerprint density at radius 1 is 0.500 bits per heavy atom.